The molecule has 2 rings (SSSR count). The Bertz CT molecular complexity index is 578. The van der Waals surface area contributed by atoms with Crippen LogP contribution < -0.4 is 5.32 Å². The Morgan fingerprint density at radius 3 is 2.72 bits per heavy atom. The van der Waals surface area contributed by atoms with Crippen LogP contribution in [0.2, 0.25) is 5.02 Å². The van der Waals surface area contributed by atoms with E-state index in [4.69, 9.17) is 11.6 Å². The number of hydrogen-bond acceptors (Lipinski definition) is 2. The van der Waals surface area contributed by atoms with E-state index in [1.165, 1.54) is 6.07 Å². The van der Waals surface area contributed by atoms with Crippen LogP contribution in [0.3, 0.4) is 0 Å². The summed E-state index contributed by atoms with van der Waals surface area (Å²) in [6, 6.07) is 4.96. The van der Waals surface area contributed by atoms with Gasteiger partial charge in [0.15, 0.2) is 0 Å². The van der Waals surface area contributed by atoms with Gasteiger partial charge in [0, 0.05) is 7.05 Å². The second kappa shape index (κ2) is 4.98. The lowest BCUT2D eigenvalue weighted by Gasteiger charge is -2.09. The summed E-state index contributed by atoms with van der Waals surface area (Å²) < 4.78 is 15.3. The Balaban J connectivity index is 2.19. The topological polar surface area (TPSA) is 29.9 Å². The number of aromatic nitrogens is 2. The van der Waals surface area contributed by atoms with Crippen LogP contribution in [0.25, 0.3) is 0 Å². The largest absolute Gasteiger partial charge is 0.377 e. The maximum absolute atomic E-state index is 13.6. The minimum atomic E-state index is -0.268. The SMILES string of the molecule is Cc1ccc(F)c(NCc2c(Cl)c(C)nn2C)c1. The number of nitrogens with one attached hydrogen (secondary N) is 1. The van der Waals surface area contributed by atoms with E-state index >= 15 is 0 Å². The Kier molecular flexibility index (Phi) is 3.57. The van der Waals surface area contributed by atoms with Crippen molar-refractivity contribution in [3.8, 4) is 0 Å². The molecule has 0 aliphatic rings. The molecule has 2 aromatic rings. The average Bonchev–Trinajstić information content (AvgIpc) is 2.55. The predicted molar refractivity (Wildman–Crippen MR) is 71.4 cm³/mol. The summed E-state index contributed by atoms with van der Waals surface area (Å²) in [5.41, 5.74) is 3.10. The van der Waals surface area contributed by atoms with Crippen molar-refractivity contribution in [1.29, 1.82) is 0 Å². The molecule has 0 unspecified atom stereocenters. The zero-order valence-corrected chi connectivity index (χ0v) is 11.3. The van der Waals surface area contributed by atoms with Gasteiger partial charge < -0.3 is 5.32 Å². The summed E-state index contributed by atoms with van der Waals surface area (Å²) in [5, 5.41) is 7.88. The first kappa shape index (κ1) is 12.9. The van der Waals surface area contributed by atoms with Gasteiger partial charge in [0.2, 0.25) is 0 Å². The lowest BCUT2D eigenvalue weighted by Crippen LogP contribution is -2.07. The molecule has 1 aromatic heterocycles. The number of halogens is 2. The summed E-state index contributed by atoms with van der Waals surface area (Å²) in [4.78, 5) is 0. The van der Waals surface area contributed by atoms with Gasteiger partial charge in [-0.3, -0.25) is 4.68 Å². The molecule has 3 nitrogen and oxygen atoms in total. The lowest BCUT2D eigenvalue weighted by atomic mass is 10.2. The van der Waals surface area contributed by atoms with Gasteiger partial charge in [-0.15, -0.1) is 0 Å². The van der Waals surface area contributed by atoms with E-state index in [-0.39, 0.29) is 5.82 Å². The summed E-state index contributed by atoms with van der Waals surface area (Å²) in [5.74, 6) is -0.268. The molecule has 0 aliphatic carbocycles. The van der Waals surface area contributed by atoms with Crippen molar-refractivity contribution in [1.82, 2.24) is 9.78 Å². The highest BCUT2D eigenvalue weighted by Crippen LogP contribution is 2.22. The minimum Gasteiger partial charge on any atom is -0.377 e. The molecule has 0 saturated heterocycles. The van der Waals surface area contributed by atoms with Crippen LogP contribution >= 0.6 is 11.6 Å². The van der Waals surface area contributed by atoms with Gasteiger partial charge in [0.05, 0.1) is 28.6 Å². The van der Waals surface area contributed by atoms with Crippen LogP contribution in [0.5, 0.6) is 0 Å². The fourth-order valence-electron chi connectivity index (χ4n) is 1.83. The third-order valence-electron chi connectivity index (χ3n) is 2.83. The monoisotopic (exact) mass is 267 g/mol. The number of aryl methyl sites for hydroxylation is 3. The van der Waals surface area contributed by atoms with Crippen LogP contribution in [0.1, 0.15) is 17.0 Å². The van der Waals surface area contributed by atoms with Gasteiger partial charge >= 0.3 is 0 Å². The van der Waals surface area contributed by atoms with Gasteiger partial charge in [-0.25, -0.2) is 4.39 Å². The highest BCUT2D eigenvalue weighted by atomic mass is 35.5. The maximum atomic E-state index is 13.6. The molecule has 1 aromatic carbocycles. The Labute approximate surface area is 111 Å². The van der Waals surface area contributed by atoms with Crippen LogP contribution in [-0.4, -0.2) is 9.78 Å². The highest BCUT2D eigenvalue weighted by Gasteiger charge is 2.11. The van der Waals surface area contributed by atoms with Crippen molar-refractivity contribution < 1.29 is 4.39 Å². The van der Waals surface area contributed by atoms with E-state index in [9.17, 15) is 4.39 Å². The second-order valence-electron chi connectivity index (χ2n) is 4.31. The summed E-state index contributed by atoms with van der Waals surface area (Å²) in [6.07, 6.45) is 0. The first-order valence-electron chi connectivity index (χ1n) is 5.67. The first-order chi connectivity index (χ1) is 8.49. The predicted octanol–water partition coefficient (Wildman–Crippen LogP) is 3.44. The van der Waals surface area contributed by atoms with Gasteiger partial charge in [-0.1, -0.05) is 17.7 Å². The molecule has 0 amide bonds. The molecule has 0 aliphatic heterocycles. The molecule has 0 spiro atoms. The van der Waals surface area contributed by atoms with E-state index < -0.39 is 0 Å². The maximum Gasteiger partial charge on any atom is 0.146 e. The Morgan fingerprint density at radius 1 is 1.39 bits per heavy atom. The van der Waals surface area contributed by atoms with Crippen molar-refractivity contribution in [2.75, 3.05) is 5.32 Å². The lowest BCUT2D eigenvalue weighted by molar-refractivity contribution is 0.628. The molecule has 0 bridgehead atoms. The van der Waals surface area contributed by atoms with Gasteiger partial charge in [-0.2, -0.15) is 5.10 Å². The highest BCUT2D eigenvalue weighted by molar-refractivity contribution is 6.31. The molecular formula is C13H15ClFN3. The van der Waals surface area contributed by atoms with E-state index in [0.29, 0.717) is 17.3 Å². The zero-order chi connectivity index (χ0) is 13.3. The standard InChI is InChI=1S/C13H15ClFN3/c1-8-4-5-10(15)11(6-8)16-7-12-13(14)9(2)17-18(12)3/h4-6,16H,7H2,1-3H3. The summed E-state index contributed by atoms with van der Waals surface area (Å²) >= 11 is 6.13. The van der Waals surface area contributed by atoms with Gasteiger partial charge in [0.1, 0.15) is 5.82 Å². The van der Waals surface area contributed by atoms with Gasteiger partial charge in [0.25, 0.3) is 0 Å². The van der Waals surface area contributed by atoms with E-state index in [1.807, 2.05) is 20.9 Å². The first-order valence-corrected chi connectivity index (χ1v) is 6.05. The average molecular weight is 268 g/mol. The van der Waals surface area contributed by atoms with Crippen LogP contribution in [0.15, 0.2) is 18.2 Å². The minimum absolute atomic E-state index is 0.268. The Morgan fingerprint density at radius 2 is 2.11 bits per heavy atom. The Hall–Kier alpha value is -1.55. The van der Waals surface area contributed by atoms with E-state index in [0.717, 1.165) is 17.0 Å². The molecule has 1 N–H and O–H groups in total. The number of hydrogen-bond donors (Lipinski definition) is 1. The fourth-order valence-corrected chi connectivity index (χ4v) is 2.05. The quantitative estimate of drug-likeness (QED) is 0.923. The third-order valence-corrected chi connectivity index (χ3v) is 3.32. The third kappa shape index (κ3) is 2.48. The molecule has 0 saturated carbocycles. The molecule has 0 fully saturated rings. The molecular weight excluding hydrogens is 253 g/mol. The zero-order valence-electron chi connectivity index (χ0n) is 10.6. The van der Waals surface area contributed by atoms with Crippen molar-refractivity contribution in [3.63, 3.8) is 0 Å². The van der Waals surface area contributed by atoms with Crippen molar-refractivity contribution in [3.05, 3.63) is 46.0 Å². The molecule has 18 heavy (non-hydrogen) atoms. The number of rotatable bonds is 3. The van der Waals surface area contributed by atoms with Crippen LogP contribution in [0.4, 0.5) is 10.1 Å². The van der Waals surface area contributed by atoms with Crippen molar-refractivity contribution >= 4 is 17.3 Å². The summed E-state index contributed by atoms with van der Waals surface area (Å²) in [7, 11) is 1.82. The molecule has 1 heterocycles. The number of nitrogens with zero attached hydrogens (tertiary/aromatic N) is 2. The van der Waals surface area contributed by atoms with E-state index in [1.54, 1.807) is 16.8 Å². The fraction of sp³-hybridized carbons (Fsp3) is 0.308. The summed E-state index contributed by atoms with van der Waals surface area (Å²) in [6.45, 7) is 4.21. The van der Waals surface area contributed by atoms with E-state index in [2.05, 4.69) is 10.4 Å². The normalized spacial score (nSPS) is 10.7. The smallest absolute Gasteiger partial charge is 0.146 e. The molecule has 0 radical (unpaired) electrons. The van der Waals surface area contributed by atoms with Crippen molar-refractivity contribution in [2.24, 2.45) is 7.05 Å². The molecule has 5 heteroatoms. The molecule has 96 valence electrons. The van der Waals surface area contributed by atoms with Gasteiger partial charge in [-0.05, 0) is 31.5 Å². The molecule has 0 atom stereocenters. The van der Waals surface area contributed by atoms with Crippen molar-refractivity contribution in [2.45, 2.75) is 20.4 Å². The van der Waals surface area contributed by atoms with Crippen LogP contribution in [-0.2, 0) is 13.6 Å². The number of anilines is 1. The number of benzene rings is 1. The van der Waals surface area contributed by atoms with Crippen LogP contribution in [0, 0.1) is 19.7 Å². The second-order valence-corrected chi connectivity index (χ2v) is 4.68.